The van der Waals surface area contributed by atoms with Gasteiger partial charge < -0.3 is 4.98 Å². The zero-order valence-corrected chi connectivity index (χ0v) is 10.9. The van der Waals surface area contributed by atoms with Gasteiger partial charge in [0.05, 0.1) is 5.52 Å². The van der Waals surface area contributed by atoms with Crippen molar-refractivity contribution >= 4 is 53.7 Å². The first kappa shape index (κ1) is 9.43. The lowest BCUT2D eigenvalue weighted by Crippen LogP contribution is -1.72. The van der Waals surface area contributed by atoms with Crippen LogP contribution in [0.15, 0.2) is 45.3 Å². The Morgan fingerprint density at radius 1 is 0.867 bits per heavy atom. The van der Waals surface area contributed by atoms with E-state index >= 15 is 0 Å². The van der Waals surface area contributed by atoms with Gasteiger partial charge >= 0.3 is 0 Å². The molecule has 1 N–H and O–H groups in total. The number of rotatable bonds is 0. The van der Waals surface area contributed by atoms with Crippen molar-refractivity contribution in [1.82, 2.24) is 4.98 Å². The first-order valence-electron chi connectivity index (χ1n) is 4.62. The lowest BCUT2D eigenvalue weighted by Gasteiger charge is -1.97. The highest BCUT2D eigenvalue weighted by Crippen LogP contribution is 2.35. The van der Waals surface area contributed by atoms with Crippen LogP contribution < -0.4 is 0 Å². The van der Waals surface area contributed by atoms with Crippen molar-refractivity contribution in [2.45, 2.75) is 0 Å². The van der Waals surface area contributed by atoms with Crippen molar-refractivity contribution in [2.24, 2.45) is 0 Å². The van der Waals surface area contributed by atoms with Crippen LogP contribution in [-0.2, 0) is 0 Å². The van der Waals surface area contributed by atoms with Gasteiger partial charge in [0.15, 0.2) is 0 Å². The van der Waals surface area contributed by atoms with Crippen LogP contribution in [0.2, 0.25) is 0 Å². The highest BCUT2D eigenvalue weighted by molar-refractivity contribution is 9.11. The number of H-pyrrole nitrogens is 1. The van der Waals surface area contributed by atoms with E-state index in [4.69, 9.17) is 0 Å². The Morgan fingerprint density at radius 3 is 2.47 bits per heavy atom. The van der Waals surface area contributed by atoms with Crippen molar-refractivity contribution in [3.8, 4) is 0 Å². The number of aromatic nitrogens is 1. The summed E-state index contributed by atoms with van der Waals surface area (Å²) in [5, 5.41) is 2.49. The molecule has 0 aliphatic rings. The molecule has 0 spiro atoms. The molecule has 3 rings (SSSR count). The van der Waals surface area contributed by atoms with Crippen LogP contribution in [0.3, 0.4) is 0 Å². The van der Waals surface area contributed by atoms with Gasteiger partial charge in [-0.3, -0.25) is 0 Å². The molecular weight excluding hydrogens is 318 g/mol. The molecule has 0 saturated heterocycles. The lowest BCUT2D eigenvalue weighted by molar-refractivity contribution is 1.52. The Kier molecular flexibility index (Phi) is 2.11. The second-order valence-electron chi connectivity index (χ2n) is 3.45. The van der Waals surface area contributed by atoms with Crippen LogP contribution in [0.1, 0.15) is 0 Å². The molecule has 1 nitrogen and oxygen atoms in total. The molecule has 0 aliphatic carbocycles. The molecule has 0 atom stereocenters. The number of nitrogens with one attached hydrogen (secondary N) is 1. The Hall–Kier alpha value is -0.800. The average Bonchev–Trinajstić information content (AvgIpc) is 2.64. The molecule has 74 valence electrons. The maximum atomic E-state index is 3.59. The Balaban J connectivity index is 2.66. The maximum Gasteiger partial charge on any atom is 0.0620 e. The first-order valence-corrected chi connectivity index (χ1v) is 6.20. The molecule has 0 bridgehead atoms. The number of aromatic amines is 1. The first-order chi connectivity index (χ1) is 7.27. The summed E-state index contributed by atoms with van der Waals surface area (Å²) in [6, 6.07) is 12.4. The summed E-state index contributed by atoms with van der Waals surface area (Å²) in [5.74, 6) is 0. The molecule has 2 aromatic carbocycles. The second kappa shape index (κ2) is 3.35. The Labute approximate surface area is 104 Å². The van der Waals surface area contributed by atoms with Crippen molar-refractivity contribution in [2.75, 3.05) is 0 Å². The van der Waals surface area contributed by atoms with Crippen LogP contribution in [0.25, 0.3) is 21.8 Å². The van der Waals surface area contributed by atoms with Crippen molar-refractivity contribution < 1.29 is 0 Å². The van der Waals surface area contributed by atoms with E-state index in [9.17, 15) is 0 Å². The largest absolute Gasteiger partial charge is 0.354 e. The molecule has 0 aliphatic heterocycles. The molecule has 3 aromatic rings. The molecule has 1 aromatic heterocycles. The highest BCUT2D eigenvalue weighted by atomic mass is 79.9. The number of fused-ring (bicyclic) bond motifs is 3. The average molecular weight is 325 g/mol. The van der Waals surface area contributed by atoms with Gasteiger partial charge in [0.1, 0.15) is 0 Å². The zero-order chi connectivity index (χ0) is 10.4. The second-order valence-corrected chi connectivity index (χ2v) is 5.16. The summed E-state index contributed by atoms with van der Waals surface area (Å²) >= 11 is 7.15. The minimum absolute atomic E-state index is 1.09. The topological polar surface area (TPSA) is 15.8 Å². The summed E-state index contributed by atoms with van der Waals surface area (Å²) < 4.78 is 2.22. The predicted octanol–water partition coefficient (Wildman–Crippen LogP) is 4.85. The Bertz CT molecular complexity index is 655. The monoisotopic (exact) mass is 323 g/mol. The fourth-order valence-electron chi connectivity index (χ4n) is 1.88. The van der Waals surface area contributed by atoms with E-state index in [1.165, 1.54) is 16.3 Å². The minimum Gasteiger partial charge on any atom is -0.354 e. The lowest BCUT2D eigenvalue weighted by atomic mass is 10.2. The van der Waals surface area contributed by atoms with Gasteiger partial charge in [-0.25, -0.2) is 0 Å². The van der Waals surface area contributed by atoms with Gasteiger partial charge in [0.2, 0.25) is 0 Å². The van der Waals surface area contributed by atoms with Gasteiger partial charge in [-0.05, 0) is 34.1 Å². The number of benzene rings is 2. The third kappa shape index (κ3) is 1.34. The van der Waals surface area contributed by atoms with E-state index in [1.54, 1.807) is 0 Å². The fraction of sp³-hybridized carbons (Fsp3) is 0. The molecule has 15 heavy (non-hydrogen) atoms. The van der Waals surface area contributed by atoms with Crippen LogP contribution in [0.4, 0.5) is 0 Å². The van der Waals surface area contributed by atoms with Crippen molar-refractivity contribution in [3.63, 3.8) is 0 Å². The number of para-hydroxylation sites is 1. The quantitative estimate of drug-likeness (QED) is 0.608. The number of hydrogen-bond acceptors (Lipinski definition) is 0. The van der Waals surface area contributed by atoms with E-state index in [0.29, 0.717) is 0 Å². The third-order valence-corrected chi connectivity index (χ3v) is 3.88. The van der Waals surface area contributed by atoms with Crippen LogP contribution in [0, 0.1) is 0 Å². The predicted molar refractivity (Wildman–Crippen MR) is 71.2 cm³/mol. The smallest absolute Gasteiger partial charge is 0.0620 e. The van der Waals surface area contributed by atoms with Gasteiger partial charge in [-0.15, -0.1) is 0 Å². The van der Waals surface area contributed by atoms with Crippen molar-refractivity contribution in [1.29, 1.82) is 0 Å². The third-order valence-electron chi connectivity index (χ3n) is 2.56. The number of halogens is 2. The summed E-state index contributed by atoms with van der Waals surface area (Å²) in [6.45, 7) is 0. The van der Waals surface area contributed by atoms with E-state index in [0.717, 1.165) is 14.5 Å². The minimum atomic E-state index is 1.09. The molecule has 0 unspecified atom stereocenters. The molecule has 0 saturated carbocycles. The van der Waals surface area contributed by atoms with Crippen molar-refractivity contribution in [3.05, 3.63) is 45.3 Å². The molecule has 0 radical (unpaired) electrons. The number of hydrogen-bond donors (Lipinski definition) is 1. The van der Waals surface area contributed by atoms with Gasteiger partial charge in [-0.1, -0.05) is 34.1 Å². The molecule has 0 amide bonds. The van der Waals surface area contributed by atoms with E-state index < -0.39 is 0 Å². The standard InChI is InChI=1S/C12H7Br2N/c13-8-5-6-9(14)12-11(8)7-3-1-2-4-10(7)15-12/h1-6,15H. The van der Waals surface area contributed by atoms with Gasteiger partial charge in [0, 0.05) is 25.2 Å². The Morgan fingerprint density at radius 2 is 1.60 bits per heavy atom. The maximum absolute atomic E-state index is 3.59. The molecule has 0 fully saturated rings. The SMILES string of the molecule is Brc1ccc(Br)c2c1[nH]c1ccccc12. The highest BCUT2D eigenvalue weighted by Gasteiger charge is 2.08. The molecular formula is C12H7Br2N. The van der Waals surface area contributed by atoms with Crippen LogP contribution in [0.5, 0.6) is 0 Å². The van der Waals surface area contributed by atoms with Gasteiger partial charge in [-0.2, -0.15) is 0 Å². The molecule has 3 heteroatoms. The van der Waals surface area contributed by atoms with E-state index in [-0.39, 0.29) is 0 Å². The van der Waals surface area contributed by atoms with Crippen LogP contribution in [-0.4, -0.2) is 4.98 Å². The normalized spacial score (nSPS) is 11.3. The molecule has 1 heterocycles. The van der Waals surface area contributed by atoms with E-state index in [2.05, 4.69) is 61.1 Å². The summed E-state index contributed by atoms with van der Waals surface area (Å²) in [5.41, 5.74) is 2.31. The van der Waals surface area contributed by atoms with Gasteiger partial charge in [0.25, 0.3) is 0 Å². The summed E-state index contributed by atoms with van der Waals surface area (Å²) in [6.07, 6.45) is 0. The zero-order valence-electron chi connectivity index (χ0n) is 7.72. The van der Waals surface area contributed by atoms with E-state index in [1.807, 2.05) is 12.1 Å². The van der Waals surface area contributed by atoms with Crippen LogP contribution >= 0.6 is 31.9 Å². The summed E-state index contributed by atoms with van der Waals surface area (Å²) in [4.78, 5) is 3.41. The summed E-state index contributed by atoms with van der Waals surface area (Å²) in [7, 11) is 0. The fourth-order valence-corrected chi connectivity index (χ4v) is 2.86.